The molecule has 3 N–H and O–H groups in total. The van der Waals surface area contributed by atoms with Gasteiger partial charge in [0, 0.05) is 32.0 Å². The minimum absolute atomic E-state index is 0.0709. The Morgan fingerprint density at radius 1 is 1.55 bits per heavy atom. The van der Waals surface area contributed by atoms with Crippen molar-refractivity contribution in [2.45, 2.75) is 20.0 Å². The number of nitrogens with one attached hydrogen (secondary N) is 1. The molecule has 20 heavy (non-hydrogen) atoms. The first-order valence-electron chi connectivity index (χ1n) is 6.48. The van der Waals surface area contributed by atoms with Gasteiger partial charge in [0.1, 0.15) is 16.5 Å². The number of anilines is 2. The minimum Gasteiger partial charge on any atom is -0.382 e. The van der Waals surface area contributed by atoms with Gasteiger partial charge in [0.05, 0.1) is 6.54 Å². The van der Waals surface area contributed by atoms with Crippen LogP contribution < -0.4 is 11.1 Å². The number of rotatable bonds is 3. The van der Waals surface area contributed by atoms with Crippen LogP contribution in [-0.4, -0.2) is 38.4 Å². The summed E-state index contributed by atoms with van der Waals surface area (Å²) in [5.74, 6) is 1.13. The first-order valence-corrected chi connectivity index (χ1v) is 7.30. The molecule has 106 valence electrons. The summed E-state index contributed by atoms with van der Waals surface area (Å²) in [6, 6.07) is 0. The molecule has 0 saturated carbocycles. The predicted octanol–water partition coefficient (Wildman–Crippen LogP) is 1.01. The van der Waals surface area contributed by atoms with E-state index in [2.05, 4.69) is 19.9 Å². The second-order valence-corrected chi connectivity index (χ2v) is 5.53. The van der Waals surface area contributed by atoms with Gasteiger partial charge < -0.3 is 20.5 Å². The highest BCUT2D eigenvalue weighted by Crippen LogP contribution is 2.27. The minimum atomic E-state index is -0.0709. The number of amides is 1. The molecule has 0 aromatic carbocycles. The van der Waals surface area contributed by atoms with Crippen molar-refractivity contribution in [1.82, 2.24) is 19.4 Å². The molecule has 1 aliphatic rings. The maximum Gasteiger partial charge on any atom is 0.268 e. The molecule has 0 saturated heterocycles. The van der Waals surface area contributed by atoms with E-state index in [0.29, 0.717) is 28.9 Å². The Bertz CT molecular complexity index is 634. The highest BCUT2D eigenvalue weighted by atomic mass is 32.1. The van der Waals surface area contributed by atoms with Gasteiger partial charge in [0.25, 0.3) is 5.91 Å². The van der Waals surface area contributed by atoms with Crippen molar-refractivity contribution in [1.29, 1.82) is 0 Å². The molecule has 0 spiro atoms. The zero-order chi connectivity index (χ0) is 14.1. The monoisotopic (exact) mass is 292 g/mol. The number of aromatic nitrogens is 3. The molecule has 8 heteroatoms. The molecule has 0 fully saturated rings. The molecule has 1 aliphatic heterocycles. The Morgan fingerprint density at radius 3 is 3.20 bits per heavy atom. The van der Waals surface area contributed by atoms with Gasteiger partial charge in [-0.25, -0.2) is 9.97 Å². The number of fused-ring (bicyclic) bond motifs is 1. The molecule has 0 bridgehead atoms. The fourth-order valence-corrected chi connectivity index (χ4v) is 3.12. The van der Waals surface area contributed by atoms with Crippen LogP contribution in [0.1, 0.15) is 22.4 Å². The van der Waals surface area contributed by atoms with Crippen LogP contribution in [0.5, 0.6) is 0 Å². The van der Waals surface area contributed by atoms with Crippen molar-refractivity contribution in [3.05, 3.63) is 23.1 Å². The van der Waals surface area contributed by atoms with Gasteiger partial charge in [-0.2, -0.15) is 0 Å². The van der Waals surface area contributed by atoms with Crippen LogP contribution in [0.2, 0.25) is 0 Å². The molecule has 2 aromatic heterocycles. The summed E-state index contributed by atoms with van der Waals surface area (Å²) >= 11 is 1.30. The number of carbonyl (C=O) groups is 1. The van der Waals surface area contributed by atoms with Crippen LogP contribution in [0, 0.1) is 0 Å². The number of hydrogen-bond acceptors (Lipinski definition) is 6. The van der Waals surface area contributed by atoms with E-state index in [9.17, 15) is 4.79 Å². The number of nitrogens with zero attached hydrogens (tertiary/aromatic N) is 4. The standard InChI is InChI=1S/C12H16N6OS/c1-2-14-12-16-10(13)9(20-12)11(19)18-6-5-17-4-3-15-8(17)7-18/h3-4H,2,5-7,13H2,1H3,(H,14,16). The fraction of sp³-hybridized carbons (Fsp3) is 0.417. The van der Waals surface area contributed by atoms with Crippen LogP contribution in [0.4, 0.5) is 10.9 Å². The lowest BCUT2D eigenvalue weighted by molar-refractivity contribution is 0.0713. The molecule has 2 aromatic rings. The SMILES string of the molecule is CCNc1nc(N)c(C(=O)N2CCn3ccnc3C2)s1. The number of imidazole rings is 1. The Kier molecular flexibility index (Phi) is 3.31. The zero-order valence-electron chi connectivity index (χ0n) is 11.2. The van der Waals surface area contributed by atoms with Crippen molar-refractivity contribution in [3.63, 3.8) is 0 Å². The van der Waals surface area contributed by atoms with Gasteiger partial charge in [-0.05, 0) is 6.92 Å². The summed E-state index contributed by atoms with van der Waals surface area (Å²) in [5.41, 5.74) is 5.84. The van der Waals surface area contributed by atoms with Gasteiger partial charge in [-0.15, -0.1) is 0 Å². The summed E-state index contributed by atoms with van der Waals surface area (Å²) in [4.78, 5) is 23.2. The maximum absolute atomic E-state index is 12.5. The van der Waals surface area contributed by atoms with Gasteiger partial charge >= 0.3 is 0 Å². The Morgan fingerprint density at radius 2 is 2.40 bits per heavy atom. The third-order valence-corrected chi connectivity index (χ3v) is 4.22. The van der Waals surface area contributed by atoms with Crippen LogP contribution in [0.3, 0.4) is 0 Å². The molecule has 0 aliphatic carbocycles. The average Bonchev–Trinajstić information content (AvgIpc) is 3.04. The van der Waals surface area contributed by atoms with E-state index in [-0.39, 0.29) is 5.91 Å². The lowest BCUT2D eigenvalue weighted by Gasteiger charge is -2.27. The summed E-state index contributed by atoms with van der Waals surface area (Å²) in [5, 5.41) is 3.77. The van der Waals surface area contributed by atoms with Crippen LogP contribution in [0.25, 0.3) is 0 Å². The topological polar surface area (TPSA) is 89.1 Å². The quantitative estimate of drug-likeness (QED) is 0.881. The van der Waals surface area contributed by atoms with Crippen LogP contribution >= 0.6 is 11.3 Å². The van der Waals surface area contributed by atoms with Crippen molar-refractivity contribution in [3.8, 4) is 0 Å². The van der Waals surface area contributed by atoms with E-state index >= 15 is 0 Å². The van der Waals surface area contributed by atoms with E-state index in [1.165, 1.54) is 11.3 Å². The largest absolute Gasteiger partial charge is 0.382 e. The number of hydrogen-bond donors (Lipinski definition) is 2. The van der Waals surface area contributed by atoms with E-state index < -0.39 is 0 Å². The summed E-state index contributed by atoms with van der Waals surface area (Å²) < 4.78 is 2.06. The average molecular weight is 292 g/mol. The molecule has 0 unspecified atom stereocenters. The Hall–Kier alpha value is -2.09. The lowest BCUT2D eigenvalue weighted by Crippen LogP contribution is -2.38. The number of nitrogens with two attached hydrogens (primary N) is 1. The second-order valence-electron chi connectivity index (χ2n) is 4.53. The van der Waals surface area contributed by atoms with E-state index in [1.807, 2.05) is 13.1 Å². The summed E-state index contributed by atoms with van der Waals surface area (Å²) in [6.45, 7) is 4.67. The molecular weight excluding hydrogens is 276 g/mol. The van der Waals surface area contributed by atoms with Crippen molar-refractivity contribution in [2.75, 3.05) is 24.1 Å². The van der Waals surface area contributed by atoms with Crippen molar-refractivity contribution >= 4 is 28.2 Å². The second kappa shape index (κ2) is 5.12. The first kappa shape index (κ1) is 12.9. The molecule has 7 nitrogen and oxygen atoms in total. The van der Waals surface area contributed by atoms with E-state index in [1.54, 1.807) is 11.1 Å². The van der Waals surface area contributed by atoms with Gasteiger partial charge in [-0.3, -0.25) is 4.79 Å². The third-order valence-electron chi connectivity index (χ3n) is 3.21. The predicted molar refractivity (Wildman–Crippen MR) is 77.7 cm³/mol. The molecule has 0 radical (unpaired) electrons. The molecular formula is C12H16N6OS. The van der Waals surface area contributed by atoms with Crippen LogP contribution in [-0.2, 0) is 13.1 Å². The van der Waals surface area contributed by atoms with Gasteiger partial charge in [-0.1, -0.05) is 11.3 Å². The highest BCUT2D eigenvalue weighted by molar-refractivity contribution is 7.18. The summed E-state index contributed by atoms with van der Waals surface area (Å²) in [7, 11) is 0. The van der Waals surface area contributed by atoms with Gasteiger partial charge in [0.2, 0.25) is 0 Å². The number of carbonyl (C=O) groups excluding carboxylic acids is 1. The number of thiazole rings is 1. The first-order chi connectivity index (χ1) is 9.69. The molecule has 1 amide bonds. The Labute approximate surface area is 120 Å². The van der Waals surface area contributed by atoms with E-state index in [4.69, 9.17) is 5.73 Å². The zero-order valence-corrected chi connectivity index (χ0v) is 12.0. The fourth-order valence-electron chi connectivity index (χ4n) is 2.20. The van der Waals surface area contributed by atoms with Gasteiger partial charge in [0.15, 0.2) is 5.13 Å². The smallest absolute Gasteiger partial charge is 0.268 e. The molecule has 3 heterocycles. The lowest BCUT2D eigenvalue weighted by atomic mass is 10.3. The highest BCUT2D eigenvalue weighted by Gasteiger charge is 2.26. The molecule has 3 rings (SSSR count). The van der Waals surface area contributed by atoms with Crippen LogP contribution in [0.15, 0.2) is 12.4 Å². The normalized spacial score (nSPS) is 14.2. The van der Waals surface area contributed by atoms with Crippen molar-refractivity contribution in [2.24, 2.45) is 0 Å². The van der Waals surface area contributed by atoms with E-state index in [0.717, 1.165) is 18.9 Å². The summed E-state index contributed by atoms with van der Waals surface area (Å²) in [6.07, 6.45) is 3.69. The Balaban J connectivity index is 1.80. The number of nitrogen functional groups attached to an aromatic ring is 1. The molecule has 0 atom stereocenters. The third kappa shape index (κ3) is 2.22. The maximum atomic E-state index is 12.5. The van der Waals surface area contributed by atoms with Crippen molar-refractivity contribution < 1.29 is 4.79 Å².